The maximum absolute atomic E-state index is 13.0. The normalized spacial score (nSPS) is 10.9. The maximum Gasteiger partial charge on any atom is 0.322 e. The smallest absolute Gasteiger partial charge is 0.320 e. The van der Waals surface area contributed by atoms with Crippen molar-refractivity contribution in [1.82, 2.24) is 4.90 Å². The van der Waals surface area contributed by atoms with E-state index in [-0.39, 0.29) is 6.03 Å². The first-order valence-corrected chi connectivity index (χ1v) is 13.9. The number of rotatable bonds is 18. The first-order chi connectivity index (χ1) is 16.7. The van der Waals surface area contributed by atoms with Gasteiger partial charge in [0.2, 0.25) is 0 Å². The number of aryl methyl sites for hydroxylation is 1. The molecule has 2 amide bonds. The van der Waals surface area contributed by atoms with E-state index in [4.69, 9.17) is 0 Å². The highest BCUT2D eigenvalue weighted by Crippen LogP contribution is 2.15. The molecule has 0 fully saturated rings. The minimum Gasteiger partial charge on any atom is -0.320 e. The summed E-state index contributed by atoms with van der Waals surface area (Å²) in [5, 5.41) is 3.08. The molecular weight excluding hydrogens is 416 g/mol. The first-order valence-electron chi connectivity index (χ1n) is 13.9. The van der Waals surface area contributed by atoms with Crippen LogP contribution in [-0.4, -0.2) is 17.5 Å². The Morgan fingerprint density at radius 2 is 1.18 bits per heavy atom. The van der Waals surface area contributed by atoms with Gasteiger partial charge < -0.3 is 10.2 Å². The molecule has 3 nitrogen and oxygen atoms in total. The SMILES string of the molecule is CCCCCCCCCCCCCCCCN(Cc1ccccc1)C(=O)Nc1ccc(C)cc1. The van der Waals surface area contributed by atoms with Gasteiger partial charge >= 0.3 is 6.03 Å². The Kier molecular flexibility index (Phi) is 14.9. The molecule has 2 rings (SSSR count). The lowest BCUT2D eigenvalue weighted by atomic mass is 10.0. The lowest BCUT2D eigenvalue weighted by molar-refractivity contribution is 0.207. The van der Waals surface area contributed by atoms with Gasteiger partial charge in [0.05, 0.1) is 0 Å². The predicted octanol–water partition coefficient (Wildman–Crippen LogP) is 9.51. The van der Waals surface area contributed by atoms with Crippen LogP contribution in [0.4, 0.5) is 10.5 Å². The highest BCUT2D eigenvalue weighted by Gasteiger charge is 2.14. The molecule has 0 spiro atoms. The quantitative estimate of drug-likeness (QED) is 0.219. The maximum atomic E-state index is 13.0. The zero-order valence-corrected chi connectivity index (χ0v) is 21.9. The van der Waals surface area contributed by atoms with Crippen molar-refractivity contribution in [2.75, 3.05) is 11.9 Å². The summed E-state index contributed by atoms with van der Waals surface area (Å²) in [6.07, 6.45) is 18.9. The number of carbonyl (C=O) groups excluding carboxylic acids is 1. The highest BCUT2D eigenvalue weighted by molar-refractivity contribution is 5.89. The minimum atomic E-state index is -0.0117. The van der Waals surface area contributed by atoms with Gasteiger partial charge in [0.15, 0.2) is 0 Å². The molecule has 0 heterocycles. The zero-order chi connectivity index (χ0) is 24.3. The number of hydrogen-bond donors (Lipinski definition) is 1. The van der Waals surface area contributed by atoms with Gasteiger partial charge in [-0.3, -0.25) is 0 Å². The molecule has 0 aliphatic carbocycles. The van der Waals surface area contributed by atoms with Gasteiger partial charge in [0, 0.05) is 18.8 Å². The number of nitrogens with one attached hydrogen (secondary N) is 1. The molecule has 2 aromatic carbocycles. The van der Waals surface area contributed by atoms with Crippen LogP contribution in [0.25, 0.3) is 0 Å². The Bertz CT molecular complexity index is 757. The molecule has 1 N–H and O–H groups in total. The van der Waals surface area contributed by atoms with Gasteiger partial charge in [0.25, 0.3) is 0 Å². The van der Waals surface area contributed by atoms with Crippen molar-refractivity contribution < 1.29 is 4.79 Å². The van der Waals surface area contributed by atoms with E-state index in [1.54, 1.807) is 0 Å². The lowest BCUT2D eigenvalue weighted by Crippen LogP contribution is -2.35. The molecule has 0 saturated heterocycles. The van der Waals surface area contributed by atoms with Crippen LogP contribution in [-0.2, 0) is 6.54 Å². The molecule has 0 atom stereocenters. The van der Waals surface area contributed by atoms with E-state index in [0.29, 0.717) is 6.54 Å². The Morgan fingerprint density at radius 1 is 0.676 bits per heavy atom. The Labute approximate surface area is 209 Å². The lowest BCUT2D eigenvalue weighted by Gasteiger charge is -2.23. The fourth-order valence-corrected chi connectivity index (χ4v) is 4.39. The van der Waals surface area contributed by atoms with Crippen LogP contribution in [0.2, 0.25) is 0 Å². The summed E-state index contributed by atoms with van der Waals surface area (Å²) in [6, 6.07) is 18.3. The summed E-state index contributed by atoms with van der Waals surface area (Å²) in [5.74, 6) is 0. The molecule has 0 unspecified atom stereocenters. The molecule has 0 saturated carbocycles. The predicted molar refractivity (Wildman–Crippen MR) is 147 cm³/mol. The molecule has 0 aliphatic heterocycles. The molecular formula is C31H48N2O. The second-order valence-corrected chi connectivity index (χ2v) is 9.80. The monoisotopic (exact) mass is 464 g/mol. The summed E-state index contributed by atoms with van der Waals surface area (Å²) in [6.45, 7) is 5.79. The van der Waals surface area contributed by atoms with E-state index < -0.39 is 0 Å². The van der Waals surface area contributed by atoms with Crippen molar-refractivity contribution in [1.29, 1.82) is 0 Å². The number of hydrogen-bond acceptors (Lipinski definition) is 1. The highest BCUT2D eigenvalue weighted by atomic mass is 16.2. The van der Waals surface area contributed by atoms with Crippen LogP contribution in [0.3, 0.4) is 0 Å². The third kappa shape index (κ3) is 12.8. The fourth-order valence-electron chi connectivity index (χ4n) is 4.39. The van der Waals surface area contributed by atoms with Crippen LogP contribution >= 0.6 is 0 Å². The van der Waals surface area contributed by atoms with Gasteiger partial charge in [-0.15, -0.1) is 0 Å². The van der Waals surface area contributed by atoms with E-state index in [9.17, 15) is 4.79 Å². The van der Waals surface area contributed by atoms with E-state index in [0.717, 1.165) is 18.7 Å². The number of benzene rings is 2. The Balaban J connectivity index is 1.61. The van der Waals surface area contributed by atoms with E-state index in [2.05, 4.69) is 31.3 Å². The topological polar surface area (TPSA) is 32.3 Å². The number of unbranched alkanes of at least 4 members (excludes halogenated alkanes) is 13. The Hall–Kier alpha value is -2.29. The van der Waals surface area contributed by atoms with Gasteiger partial charge in [-0.1, -0.05) is 138 Å². The molecule has 34 heavy (non-hydrogen) atoms. The average molecular weight is 465 g/mol. The van der Waals surface area contributed by atoms with Crippen LogP contribution in [0.1, 0.15) is 108 Å². The van der Waals surface area contributed by atoms with Crippen LogP contribution in [0.5, 0.6) is 0 Å². The van der Waals surface area contributed by atoms with Crippen molar-refractivity contribution in [3.63, 3.8) is 0 Å². The van der Waals surface area contributed by atoms with Gasteiger partial charge in [0.1, 0.15) is 0 Å². The van der Waals surface area contributed by atoms with Crippen molar-refractivity contribution in [2.45, 2.75) is 110 Å². The number of anilines is 1. The zero-order valence-electron chi connectivity index (χ0n) is 21.9. The second kappa shape index (κ2) is 18.1. The van der Waals surface area contributed by atoms with Crippen molar-refractivity contribution in [2.24, 2.45) is 0 Å². The second-order valence-electron chi connectivity index (χ2n) is 9.80. The van der Waals surface area contributed by atoms with Gasteiger partial charge in [-0.25, -0.2) is 4.79 Å². The first kappa shape index (κ1) is 28.0. The van der Waals surface area contributed by atoms with E-state index in [1.165, 1.54) is 94.6 Å². The number of carbonyl (C=O) groups is 1. The van der Waals surface area contributed by atoms with E-state index >= 15 is 0 Å². The van der Waals surface area contributed by atoms with Gasteiger partial charge in [-0.05, 0) is 31.0 Å². The van der Waals surface area contributed by atoms with E-state index in [1.807, 2.05) is 47.4 Å². The molecule has 0 aromatic heterocycles. The summed E-state index contributed by atoms with van der Waals surface area (Å²) in [4.78, 5) is 14.9. The molecule has 0 bridgehead atoms. The average Bonchev–Trinajstić information content (AvgIpc) is 2.85. The minimum absolute atomic E-state index is 0.0117. The van der Waals surface area contributed by atoms with Gasteiger partial charge in [-0.2, -0.15) is 0 Å². The van der Waals surface area contributed by atoms with Crippen molar-refractivity contribution >= 4 is 11.7 Å². The third-order valence-electron chi connectivity index (χ3n) is 6.59. The molecule has 0 aliphatic rings. The third-order valence-corrected chi connectivity index (χ3v) is 6.59. The van der Waals surface area contributed by atoms with Crippen LogP contribution in [0, 0.1) is 6.92 Å². The largest absolute Gasteiger partial charge is 0.322 e. The van der Waals surface area contributed by atoms with Crippen LogP contribution in [0.15, 0.2) is 54.6 Å². The fraction of sp³-hybridized carbons (Fsp3) is 0.581. The summed E-state index contributed by atoms with van der Waals surface area (Å²) < 4.78 is 0. The van der Waals surface area contributed by atoms with Crippen LogP contribution < -0.4 is 5.32 Å². The standard InChI is InChI=1S/C31H48N2O/c1-3-4-5-6-7-8-9-10-11-12-13-14-15-19-26-33(27-29-20-17-16-18-21-29)31(34)32-30-24-22-28(2)23-25-30/h16-18,20-25H,3-15,19,26-27H2,1-2H3,(H,32,34). The van der Waals surface area contributed by atoms with Crippen molar-refractivity contribution in [3.05, 3.63) is 65.7 Å². The molecule has 2 aromatic rings. The number of urea groups is 1. The molecule has 188 valence electrons. The number of amides is 2. The summed E-state index contributed by atoms with van der Waals surface area (Å²) in [5.41, 5.74) is 3.23. The molecule has 3 heteroatoms. The number of nitrogens with zero attached hydrogens (tertiary/aromatic N) is 1. The summed E-state index contributed by atoms with van der Waals surface area (Å²) >= 11 is 0. The Morgan fingerprint density at radius 3 is 1.71 bits per heavy atom. The molecule has 0 radical (unpaired) electrons. The van der Waals surface area contributed by atoms with Crippen molar-refractivity contribution in [3.8, 4) is 0 Å². The summed E-state index contributed by atoms with van der Waals surface area (Å²) in [7, 11) is 0.